The summed E-state index contributed by atoms with van der Waals surface area (Å²) < 4.78 is 2.25. The number of rotatable bonds is 3. The van der Waals surface area contributed by atoms with Gasteiger partial charge in [0.15, 0.2) is 5.65 Å². The van der Waals surface area contributed by atoms with Gasteiger partial charge in [-0.05, 0) is 38.4 Å². The van der Waals surface area contributed by atoms with Gasteiger partial charge in [-0.25, -0.2) is 9.97 Å². The van der Waals surface area contributed by atoms with Crippen molar-refractivity contribution in [2.45, 2.75) is 31.8 Å². The SMILES string of the molecule is CC(C)(O)c1ccc(-c2nc([C@@H]3CCNC3)n3c2cnc2[nH]ccc23)cc1. The lowest BCUT2D eigenvalue weighted by Crippen LogP contribution is -2.14. The number of nitrogens with zero attached hydrogens (tertiary/aromatic N) is 3. The zero-order chi connectivity index (χ0) is 18.6. The molecule has 3 N–H and O–H groups in total. The maximum atomic E-state index is 10.2. The van der Waals surface area contributed by atoms with Crippen molar-refractivity contribution in [3.63, 3.8) is 0 Å². The fourth-order valence-electron chi connectivity index (χ4n) is 3.98. The van der Waals surface area contributed by atoms with E-state index in [1.807, 2.05) is 36.7 Å². The van der Waals surface area contributed by atoms with Crippen molar-refractivity contribution >= 4 is 16.7 Å². The molecule has 5 rings (SSSR count). The summed E-state index contributed by atoms with van der Waals surface area (Å²) in [4.78, 5) is 12.8. The van der Waals surface area contributed by atoms with Crippen LogP contribution in [0.15, 0.2) is 42.7 Å². The summed E-state index contributed by atoms with van der Waals surface area (Å²) in [7, 11) is 0. The molecular formula is C21H23N5O. The lowest BCUT2D eigenvalue weighted by molar-refractivity contribution is 0.0786. The van der Waals surface area contributed by atoms with E-state index in [1.54, 1.807) is 13.8 Å². The van der Waals surface area contributed by atoms with Gasteiger partial charge in [-0.1, -0.05) is 24.3 Å². The summed E-state index contributed by atoms with van der Waals surface area (Å²) in [6.07, 6.45) is 4.91. The minimum atomic E-state index is -0.853. The first-order valence-corrected chi connectivity index (χ1v) is 9.41. The Bertz CT molecular complexity index is 1110. The van der Waals surface area contributed by atoms with Crippen LogP contribution in [0.4, 0.5) is 0 Å². The molecule has 4 aromatic rings. The van der Waals surface area contributed by atoms with Crippen molar-refractivity contribution in [2.24, 2.45) is 0 Å². The average Bonchev–Trinajstić information content (AvgIpc) is 3.38. The van der Waals surface area contributed by atoms with E-state index >= 15 is 0 Å². The molecule has 138 valence electrons. The molecule has 0 unspecified atom stereocenters. The molecule has 1 aromatic carbocycles. The predicted molar refractivity (Wildman–Crippen MR) is 106 cm³/mol. The van der Waals surface area contributed by atoms with Gasteiger partial charge in [0.1, 0.15) is 5.82 Å². The molecule has 1 fully saturated rings. The van der Waals surface area contributed by atoms with Crippen molar-refractivity contribution in [3.05, 3.63) is 54.1 Å². The Labute approximate surface area is 157 Å². The second kappa shape index (κ2) is 5.90. The van der Waals surface area contributed by atoms with Crippen LogP contribution in [0.5, 0.6) is 0 Å². The number of fused-ring (bicyclic) bond motifs is 3. The van der Waals surface area contributed by atoms with Gasteiger partial charge in [0.25, 0.3) is 0 Å². The molecule has 0 saturated carbocycles. The van der Waals surface area contributed by atoms with Gasteiger partial charge in [-0.3, -0.25) is 4.40 Å². The van der Waals surface area contributed by atoms with Crippen LogP contribution in [0.1, 0.15) is 37.6 Å². The summed E-state index contributed by atoms with van der Waals surface area (Å²) in [5.41, 5.74) is 4.96. The molecule has 1 saturated heterocycles. The topological polar surface area (TPSA) is 78.2 Å². The smallest absolute Gasteiger partial charge is 0.154 e. The van der Waals surface area contributed by atoms with Crippen molar-refractivity contribution in [2.75, 3.05) is 13.1 Å². The van der Waals surface area contributed by atoms with E-state index in [4.69, 9.17) is 4.98 Å². The van der Waals surface area contributed by atoms with Gasteiger partial charge in [0.05, 0.1) is 28.5 Å². The number of aliphatic hydroxyl groups is 1. The zero-order valence-electron chi connectivity index (χ0n) is 15.5. The highest BCUT2D eigenvalue weighted by molar-refractivity contribution is 5.84. The predicted octanol–water partition coefficient (Wildman–Crippen LogP) is 3.18. The third-order valence-corrected chi connectivity index (χ3v) is 5.49. The first-order valence-electron chi connectivity index (χ1n) is 9.41. The maximum Gasteiger partial charge on any atom is 0.154 e. The Hall–Kier alpha value is -2.70. The molecule has 6 heteroatoms. The molecule has 1 atom stereocenters. The molecule has 3 aromatic heterocycles. The Morgan fingerprint density at radius 3 is 2.67 bits per heavy atom. The van der Waals surface area contributed by atoms with Crippen LogP contribution in [-0.4, -0.2) is 37.5 Å². The number of imidazole rings is 1. The highest BCUT2D eigenvalue weighted by Gasteiger charge is 2.25. The fraction of sp³-hybridized carbons (Fsp3) is 0.333. The molecule has 0 amide bonds. The van der Waals surface area contributed by atoms with Crippen LogP contribution in [0.25, 0.3) is 27.9 Å². The molecule has 0 radical (unpaired) electrons. The summed E-state index contributed by atoms with van der Waals surface area (Å²) >= 11 is 0. The molecular weight excluding hydrogens is 338 g/mol. The Morgan fingerprint density at radius 2 is 1.96 bits per heavy atom. The van der Waals surface area contributed by atoms with Crippen molar-refractivity contribution in [1.82, 2.24) is 24.7 Å². The molecule has 1 aliphatic rings. The van der Waals surface area contributed by atoms with Crippen LogP contribution in [-0.2, 0) is 5.60 Å². The van der Waals surface area contributed by atoms with Crippen LogP contribution >= 0.6 is 0 Å². The van der Waals surface area contributed by atoms with Crippen molar-refractivity contribution in [1.29, 1.82) is 0 Å². The van der Waals surface area contributed by atoms with Crippen LogP contribution in [0, 0.1) is 0 Å². The lowest BCUT2D eigenvalue weighted by atomic mass is 9.97. The van der Waals surface area contributed by atoms with E-state index in [9.17, 15) is 5.11 Å². The molecule has 0 aliphatic carbocycles. The van der Waals surface area contributed by atoms with Gasteiger partial charge in [0, 0.05) is 24.2 Å². The normalized spacial score (nSPS) is 18.0. The minimum Gasteiger partial charge on any atom is -0.386 e. The first-order chi connectivity index (χ1) is 13.0. The third kappa shape index (κ3) is 2.64. The van der Waals surface area contributed by atoms with Gasteiger partial charge in [-0.15, -0.1) is 0 Å². The van der Waals surface area contributed by atoms with Crippen molar-refractivity contribution in [3.8, 4) is 11.3 Å². The molecule has 4 heterocycles. The Kier molecular flexibility index (Phi) is 3.60. The lowest BCUT2D eigenvalue weighted by Gasteiger charge is -2.17. The van der Waals surface area contributed by atoms with Crippen LogP contribution < -0.4 is 5.32 Å². The molecule has 1 aliphatic heterocycles. The number of hydrogen-bond donors (Lipinski definition) is 3. The molecule has 27 heavy (non-hydrogen) atoms. The highest BCUT2D eigenvalue weighted by Crippen LogP contribution is 2.33. The largest absolute Gasteiger partial charge is 0.386 e. The standard InChI is InChI=1S/C21H23N5O/c1-21(2,27)15-5-3-13(4-6-15)18-17-12-24-19-16(8-10-23-19)26(17)20(25-18)14-7-9-22-11-14/h3-6,8,10,12,14,22-23,27H,7,9,11H2,1-2H3/t14-/m1/s1. The van der Waals surface area contributed by atoms with Crippen LogP contribution in [0.3, 0.4) is 0 Å². The summed E-state index contributed by atoms with van der Waals surface area (Å²) in [5.74, 6) is 1.48. The number of nitrogens with one attached hydrogen (secondary N) is 2. The fourth-order valence-corrected chi connectivity index (χ4v) is 3.98. The number of H-pyrrole nitrogens is 1. The molecule has 6 nitrogen and oxygen atoms in total. The Morgan fingerprint density at radius 1 is 1.15 bits per heavy atom. The Balaban J connectivity index is 1.73. The second-order valence-electron chi connectivity index (χ2n) is 7.84. The molecule has 0 spiro atoms. The maximum absolute atomic E-state index is 10.2. The second-order valence-corrected chi connectivity index (χ2v) is 7.84. The van der Waals surface area contributed by atoms with Gasteiger partial charge >= 0.3 is 0 Å². The zero-order valence-corrected chi connectivity index (χ0v) is 15.5. The van der Waals surface area contributed by atoms with Gasteiger partial charge < -0.3 is 15.4 Å². The number of benzene rings is 1. The monoisotopic (exact) mass is 361 g/mol. The van der Waals surface area contributed by atoms with E-state index in [1.165, 1.54) is 0 Å². The summed E-state index contributed by atoms with van der Waals surface area (Å²) in [6.45, 7) is 5.57. The number of aromatic amines is 1. The highest BCUT2D eigenvalue weighted by atomic mass is 16.3. The van der Waals surface area contributed by atoms with Gasteiger partial charge in [-0.2, -0.15) is 0 Å². The molecule has 0 bridgehead atoms. The van der Waals surface area contributed by atoms with E-state index < -0.39 is 5.60 Å². The van der Waals surface area contributed by atoms with E-state index in [0.29, 0.717) is 5.92 Å². The third-order valence-electron chi connectivity index (χ3n) is 5.49. The quantitative estimate of drug-likeness (QED) is 0.524. The average molecular weight is 361 g/mol. The number of aromatic nitrogens is 4. The number of hydrogen-bond acceptors (Lipinski definition) is 4. The first kappa shape index (κ1) is 16.5. The van der Waals surface area contributed by atoms with E-state index in [-0.39, 0.29) is 0 Å². The van der Waals surface area contributed by atoms with E-state index in [0.717, 1.165) is 58.8 Å². The summed E-state index contributed by atoms with van der Waals surface area (Å²) in [6, 6.07) is 10.1. The van der Waals surface area contributed by atoms with Crippen molar-refractivity contribution < 1.29 is 5.11 Å². The van der Waals surface area contributed by atoms with E-state index in [2.05, 4.69) is 25.8 Å². The minimum absolute atomic E-state index is 0.391. The van der Waals surface area contributed by atoms with Gasteiger partial charge in [0.2, 0.25) is 0 Å². The summed E-state index contributed by atoms with van der Waals surface area (Å²) in [5, 5.41) is 13.7. The van der Waals surface area contributed by atoms with Crippen LogP contribution in [0.2, 0.25) is 0 Å².